The molecule has 0 spiro atoms. The summed E-state index contributed by atoms with van der Waals surface area (Å²) >= 11 is 3.03. The summed E-state index contributed by atoms with van der Waals surface area (Å²) in [6.45, 7) is 3.76. The highest BCUT2D eigenvalue weighted by Crippen LogP contribution is 2.16. The van der Waals surface area contributed by atoms with Crippen LogP contribution in [-0.2, 0) is 16.0 Å². The van der Waals surface area contributed by atoms with E-state index in [9.17, 15) is 14.0 Å². The number of benzene rings is 1. The first-order chi connectivity index (χ1) is 9.29. The van der Waals surface area contributed by atoms with Crippen LogP contribution < -0.4 is 5.32 Å². The molecular weight excluding hydrogens is 329 g/mol. The molecule has 0 bridgehead atoms. The average Bonchev–Trinajstić information content (AvgIpc) is 2.32. The molecule has 0 heterocycles. The highest BCUT2D eigenvalue weighted by atomic mass is 79.9. The van der Waals surface area contributed by atoms with Gasteiger partial charge >= 0.3 is 5.97 Å². The van der Waals surface area contributed by atoms with Gasteiger partial charge in [-0.2, -0.15) is 0 Å². The Morgan fingerprint density at radius 1 is 1.40 bits per heavy atom. The molecule has 0 aliphatic heterocycles. The third-order valence-corrected chi connectivity index (χ3v) is 3.33. The summed E-state index contributed by atoms with van der Waals surface area (Å²) in [7, 11) is 0. The molecule has 1 atom stereocenters. The van der Waals surface area contributed by atoms with Gasteiger partial charge in [-0.15, -0.1) is 0 Å². The lowest BCUT2D eigenvalue weighted by molar-refractivity contribution is -0.142. The Balaban J connectivity index is 2.65. The molecule has 1 aromatic carbocycles. The first-order valence-corrected chi connectivity index (χ1v) is 7.05. The van der Waals surface area contributed by atoms with E-state index in [-0.39, 0.29) is 12.3 Å². The highest BCUT2D eigenvalue weighted by Gasteiger charge is 2.21. The lowest BCUT2D eigenvalue weighted by atomic mass is 10.0. The van der Waals surface area contributed by atoms with Gasteiger partial charge in [0.2, 0.25) is 5.91 Å². The molecule has 1 amide bonds. The first kappa shape index (κ1) is 16.6. The normalized spacial score (nSPS) is 12.2. The van der Waals surface area contributed by atoms with Gasteiger partial charge in [-0.25, -0.2) is 9.18 Å². The van der Waals surface area contributed by atoms with Crippen molar-refractivity contribution in [1.29, 1.82) is 0 Å². The minimum Gasteiger partial charge on any atom is -0.480 e. The number of amides is 1. The third kappa shape index (κ3) is 5.28. The summed E-state index contributed by atoms with van der Waals surface area (Å²) in [6, 6.07) is 3.47. The maximum Gasteiger partial charge on any atom is 0.326 e. The molecule has 4 nitrogen and oxygen atoms in total. The predicted octanol–water partition coefficient (Wildman–Crippen LogP) is 2.75. The maximum absolute atomic E-state index is 13.3. The van der Waals surface area contributed by atoms with E-state index in [4.69, 9.17) is 5.11 Å². The van der Waals surface area contributed by atoms with Crippen molar-refractivity contribution < 1.29 is 19.1 Å². The predicted molar refractivity (Wildman–Crippen MR) is 76.8 cm³/mol. The van der Waals surface area contributed by atoms with E-state index >= 15 is 0 Å². The van der Waals surface area contributed by atoms with E-state index < -0.39 is 23.7 Å². The summed E-state index contributed by atoms with van der Waals surface area (Å²) in [6.07, 6.45) is 0.307. The van der Waals surface area contributed by atoms with Gasteiger partial charge in [0.1, 0.15) is 11.9 Å². The fourth-order valence-corrected chi connectivity index (χ4v) is 2.02. The molecule has 0 radical (unpaired) electrons. The number of rotatable bonds is 6. The van der Waals surface area contributed by atoms with E-state index in [0.717, 1.165) is 0 Å². The van der Waals surface area contributed by atoms with E-state index in [1.165, 1.54) is 12.1 Å². The SMILES string of the molecule is CC(C)CC(NC(=O)Cc1ccc(Br)c(F)c1)C(=O)O. The van der Waals surface area contributed by atoms with E-state index in [0.29, 0.717) is 16.5 Å². The largest absolute Gasteiger partial charge is 0.480 e. The minimum absolute atomic E-state index is 0.0495. The van der Waals surface area contributed by atoms with Crippen LogP contribution in [0.3, 0.4) is 0 Å². The number of hydrogen-bond donors (Lipinski definition) is 2. The van der Waals surface area contributed by atoms with Crippen LogP contribution in [-0.4, -0.2) is 23.0 Å². The zero-order chi connectivity index (χ0) is 15.3. The quantitative estimate of drug-likeness (QED) is 0.832. The smallest absolute Gasteiger partial charge is 0.326 e. The summed E-state index contributed by atoms with van der Waals surface area (Å²) in [5.74, 6) is -1.79. The minimum atomic E-state index is -1.06. The van der Waals surface area contributed by atoms with Crippen LogP contribution in [0.1, 0.15) is 25.8 Å². The lowest BCUT2D eigenvalue weighted by Gasteiger charge is -2.16. The van der Waals surface area contributed by atoms with Crippen LogP contribution in [0.2, 0.25) is 0 Å². The van der Waals surface area contributed by atoms with Crippen molar-refractivity contribution >= 4 is 27.8 Å². The van der Waals surface area contributed by atoms with Gasteiger partial charge in [-0.1, -0.05) is 19.9 Å². The molecule has 0 aromatic heterocycles. The topological polar surface area (TPSA) is 66.4 Å². The van der Waals surface area contributed by atoms with Crippen molar-refractivity contribution in [2.75, 3.05) is 0 Å². The van der Waals surface area contributed by atoms with Crippen molar-refractivity contribution in [2.24, 2.45) is 5.92 Å². The summed E-state index contributed by atoms with van der Waals surface area (Å²) < 4.78 is 13.6. The second-order valence-electron chi connectivity index (χ2n) is 5.01. The summed E-state index contributed by atoms with van der Waals surface area (Å²) in [5.41, 5.74) is 0.497. The fraction of sp³-hybridized carbons (Fsp3) is 0.429. The Morgan fingerprint density at radius 2 is 2.05 bits per heavy atom. The Labute approximate surface area is 125 Å². The molecule has 0 fully saturated rings. The van der Waals surface area contributed by atoms with Crippen molar-refractivity contribution in [3.63, 3.8) is 0 Å². The van der Waals surface area contributed by atoms with Crippen molar-refractivity contribution in [3.8, 4) is 0 Å². The molecule has 0 aliphatic rings. The fourth-order valence-electron chi connectivity index (χ4n) is 1.77. The molecule has 110 valence electrons. The second-order valence-corrected chi connectivity index (χ2v) is 5.87. The van der Waals surface area contributed by atoms with Crippen LogP contribution in [0.5, 0.6) is 0 Å². The van der Waals surface area contributed by atoms with Gasteiger partial charge in [-0.05, 0) is 46.0 Å². The van der Waals surface area contributed by atoms with Crippen LogP contribution in [0.4, 0.5) is 4.39 Å². The zero-order valence-corrected chi connectivity index (χ0v) is 12.9. The van der Waals surface area contributed by atoms with Crippen LogP contribution in [0, 0.1) is 11.7 Å². The molecule has 1 aromatic rings. The van der Waals surface area contributed by atoms with Gasteiger partial charge in [0.15, 0.2) is 0 Å². The second kappa shape index (κ2) is 7.38. The average molecular weight is 346 g/mol. The van der Waals surface area contributed by atoms with Crippen molar-refractivity contribution in [3.05, 3.63) is 34.1 Å². The Kier molecular flexibility index (Phi) is 6.13. The highest BCUT2D eigenvalue weighted by molar-refractivity contribution is 9.10. The maximum atomic E-state index is 13.3. The van der Waals surface area contributed by atoms with Crippen LogP contribution in [0.15, 0.2) is 22.7 Å². The Bertz CT molecular complexity index is 505. The number of carbonyl (C=O) groups excluding carboxylic acids is 1. The summed E-state index contributed by atoms with van der Waals surface area (Å²) in [4.78, 5) is 22.8. The molecule has 0 aliphatic carbocycles. The van der Waals surface area contributed by atoms with E-state index in [2.05, 4.69) is 21.2 Å². The van der Waals surface area contributed by atoms with Gasteiger partial charge in [0.25, 0.3) is 0 Å². The van der Waals surface area contributed by atoms with Gasteiger partial charge < -0.3 is 10.4 Å². The number of hydrogen-bond acceptors (Lipinski definition) is 2. The van der Waals surface area contributed by atoms with Gasteiger partial charge in [0.05, 0.1) is 10.9 Å². The number of aliphatic carboxylic acids is 1. The first-order valence-electron chi connectivity index (χ1n) is 6.25. The Hall–Kier alpha value is -1.43. The molecule has 1 rings (SSSR count). The molecule has 6 heteroatoms. The monoisotopic (exact) mass is 345 g/mol. The summed E-state index contributed by atoms with van der Waals surface area (Å²) in [5, 5.41) is 11.5. The van der Waals surface area contributed by atoms with Crippen molar-refractivity contribution in [2.45, 2.75) is 32.7 Å². The number of nitrogens with one attached hydrogen (secondary N) is 1. The molecule has 2 N–H and O–H groups in total. The molecular formula is C14H17BrFNO3. The van der Waals surface area contributed by atoms with Crippen LogP contribution in [0.25, 0.3) is 0 Å². The standard InChI is InChI=1S/C14H17BrFNO3/c1-8(2)5-12(14(19)20)17-13(18)7-9-3-4-10(15)11(16)6-9/h3-4,6,8,12H,5,7H2,1-2H3,(H,17,18)(H,19,20). The van der Waals surface area contributed by atoms with Gasteiger partial charge in [-0.3, -0.25) is 4.79 Å². The molecule has 0 saturated carbocycles. The number of carboxylic acids is 1. The molecule has 1 unspecified atom stereocenters. The number of carbonyl (C=O) groups is 2. The lowest BCUT2D eigenvalue weighted by Crippen LogP contribution is -2.42. The number of carboxylic acid groups (broad SMARTS) is 1. The van der Waals surface area contributed by atoms with Crippen LogP contribution >= 0.6 is 15.9 Å². The van der Waals surface area contributed by atoms with Gasteiger partial charge in [0, 0.05) is 0 Å². The zero-order valence-electron chi connectivity index (χ0n) is 11.3. The van der Waals surface area contributed by atoms with E-state index in [1.807, 2.05) is 13.8 Å². The third-order valence-electron chi connectivity index (χ3n) is 2.69. The number of halogens is 2. The van der Waals surface area contributed by atoms with E-state index in [1.54, 1.807) is 6.07 Å². The molecule has 20 heavy (non-hydrogen) atoms. The van der Waals surface area contributed by atoms with Crippen molar-refractivity contribution in [1.82, 2.24) is 5.32 Å². The Morgan fingerprint density at radius 3 is 2.55 bits per heavy atom. The molecule has 0 saturated heterocycles.